The van der Waals surface area contributed by atoms with Crippen LogP contribution in [0.1, 0.15) is 40.0 Å². The maximum atomic E-state index is 11.4. The Bertz CT molecular complexity index is 137. The highest BCUT2D eigenvalue weighted by atomic mass is 16.5. The van der Waals surface area contributed by atoms with Crippen LogP contribution in [0.25, 0.3) is 0 Å². The molecule has 0 fully saturated rings. The molecule has 0 aliphatic heterocycles. The van der Waals surface area contributed by atoms with Crippen LogP contribution >= 0.6 is 0 Å². The van der Waals surface area contributed by atoms with Crippen LogP contribution in [-0.2, 0) is 9.53 Å². The molecule has 0 spiro atoms. The Balaban J connectivity index is 3.83. The fourth-order valence-corrected chi connectivity index (χ4v) is 1.17. The van der Waals surface area contributed by atoms with Gasteiger partial charge < -0.3 is 10.1 Å². The zero-order valence-electron chi connectivity index (χ0n) is 8.93. The fraction of sp³-hybridized carbons (Fsp3) is 0.900. The lowest BCUT2D eigenvalue weighted by molar-refractivity contribution is -0.132. The molecule has 1 N–H and O–H groups in total. The topological polar surface area (TPSA) is 38.3 Å². The summed E-state index contributed by atoms with van der Waals surface area (Å²) < 4.78 is 5.35. The molecule has 0 aromatic heterocycles. The van der Waals surface area contributed by atoms with Crippen LogP contribution in [0.2, 0.25) is 0 Å². The van der Waals surface area contributed by atoms with Gasteiger partial charge in [-0.2, -0.15) is 0 Å². The number of carbonyl (C=O) groups is 1. The summed E-state index contributed by atoms with van der Waals surface area (Å²) in [6, 6.07) is 0. The molecule has 0 saturated carbocycles. The van der Waals surface area contributed by atoms with Crippen LogP contribution in [0, 0.1) is 0 Å². The number of carbonyl (C=O) groups excluding carboxylic acids is 1. The molecule has 0 aromatic rings. The molecule has 3 heteroatoms. The molecule has 1 unspecified atom stereocenters. The lowest BCUT2D eigenvalue weighted by Crippen LogP contribution is -2.36. The predicted molar refractivity (Wildman–Crippen MR) is 53.6 cm³/mol. The van der Waals surface area contributed by atoms with Crippen LogP contribution in [-0.4, -0.2) is 25.2 Å². The first-order chi connectivity index (χ1) is 6.26. The van der Waals surface area contributed by atoms with Crippen LogP contribution in [0.3, 0.4) is 0 Å². The Morgan fingerprint density at radius 2 is 2.08 bits per heavy atom. The molecular weight excluding hydrogens is 166 g/mol. The van der Waals surface area contributed by atoms with E-state index in [0.717, 1.165) is 19.3 Å². The van der Waals surface area contributed by atoms with Crippen molar-refractivity contribution in [3.05, 3.63) is 0 Å². The molecular formula is C10H21NO2. The van der Waals surface area contributed by atoms with E-state index in [-0.39, 0.29) is 12.0 Å². The minimum atomic E-state index is -0.245. The van der Waals surface area contributed by atoms with Crippen LogP contribution < -0.4 is 5.32 Å². The lowest BCUT2D eigenvalue weighted by atomic mass is 10.1. The quantitative estimate of drug-likeness (QED) is 0.659. The number of amides is 1. The van der Waals surface area contributed by atoms with Crippen molar-refractivity contribution < 1.29 is 9.53 Å². The molecule has 78 valence electrons. The van der Waals surface area contributed by atoms with Crippen molar-refractivity contribution in [2.24, 2.45) is 0 Å². The highest BCUT2D eigenvalue weighted by molar-refractivity contribution is 5.80. The van der Waals surface area contributed by atoms with Crippen molar-refractivity contribution in [3.8, 4) is 0 Å². The zero-order valence-corrected chi connectivity index (χ0v) is 8.93. The van der Waals surface area contributed by atoms with Gasteiger partial charge in [0.15, 0.2) is 0 Å². The number of hydrogen-bond acceptors (Lipinski definition) is 2. The summed E-state index contributed by atoms with van der Waals surface area (Å²) in [6.45, 7) is 7.22. The van der Waals surface area contributed by atoms with Gasteiger partial charge in [-0.1, -0.05) is 19.8 Å². The van der Waals surface area contributed by atoms with E-state index >= 15 is 0 Å². The van der Waals surface area contributed by atoms with E-state index in [1.165, 1.54) is 0 Å². The van der Waals surface area contributed by atoms with Gasteiger partial charge in [-0.05, 0) is 20.3 Å². The van der Waals surface area contributed by atoms with Gasteiger partial charge in [-0.15, -0.1) is 0 Å². The third kappa shape index (κ3) is 5.64. The molecule has 0 heterocycles. The summed E-state index contributed by atoms with van der Waals surface area (Å²) in [6.07, 6.45) is 2.73. The van der Waals surface area contributed by atoms with Crippen LogP contribution in [0.4, 0.5) is 0 Å². The normalized spacial score (nSPS) is 12.5. The summed E-state index contributed by atoms with van der Waals surface area (Å²) in [5.41, 5.74) is 0. The van der Waals surface area contributed by atoms with Crippen molar-refractivity contribution in [3.63, 3.8) is 0 Å². The Morgan fingerprint density at radius 3 is 2.54 bits per heavy atom. The van der Waals surface area contributed by atoms with E-state index in [0.29, 0.717) is 13.2 Å². The summed E-state index contributed by atoms with van der Waals surface area (Å²) in [7, 11) is 0. The van der Waals surface area contributed by atoms with Crippen LogP contribution in [0.5, 0.6) is 0 Å². The third-order valence-corrected chi connectivity index (χ3v) is 1.83. The van der Waals surface area contributed by atoms with Crippen LogP contribution in [0.15, 0.2) is 0 Å². The molecule has 0 aromatic carbocycles. The standard InChI is InChI=1S/C10H21NO2/c1-4-7-8-9(13-6-3)10(12)11-5-2/h9H,4-8H2,1-3H3,(H,11,12). The van der Waals surface area contributed by atoms with Gasteiger partial charge in [0, 0.05) is 13.2 Å². The summed E-state index contributed by atoms with van der Waals surface area (Å²) in [5, 5.41) is 2.78. The van der Waals surface area contributed by atoms with Gasteiger partial charge >= 0.3 is 0 Å². The van der Waals surface area contributed by atoms with E-state index in [4.69, 9.17) is 4.74 Å². The van der Waals surface area contributed by atoms with Crippen molar-refractivity contribution in [1.29, 1.82) is 0 Å². The molecule has 0 radical (unpaired) electrons. The first kappa shape index (κ1) is 12.4. The summed E-state index contributed by atoms with van der Waals surface area (Å²) in [5.74, 6) is 0.0257. The van der Waals surface area contributed by atoms with Gasteiger partial charge in [0.05, 0.1) is 0 Å². The maximum Gasteiger partial charge on any atom is 0.249 e. The monoisotopic (exact) mass is 187 g/mol. The second kappa shape index (κ2) is 8.05. The van der Waals surface area contributed by atoms with Crippen molar-refractivity contribution in [1.82, 2.24) is 5.32 Å². The predicted octanol–water partition coefficient (Wildman–Crippen LogP) is 1.72. The van der Waals surface area contributed by atoms with Crippen molar-refractivity contribution >= 4 is 5.91 Å². The van der Waals surface area contributed by atoms with Crippen molar-refractivity contribution in [2.75, 3.05) is 13.2 Å². The fourth-order valence-electron chi connectivity index (χ4n) is 1.17. The Morgan fingerprint density at radius 1 is 1.38 bits per heavy atom. The van der Waals surface area contributed by atoms with E-state index in [1.54, 1.807) is 0 Å². The molecule has 0 saturated heterocycles. The minimum Gasteiger partial charge on any atom is -0.369 e. The summed E-state index contributed by atoms with van der Waals surface area (Å²) >= 11 is 0. The Labute approximate surface area is 80.8 Å². The second-order valence-electron chi connectivity index (χ2n) is 2.98. The second-order valence-corrected chi connectivity index (χ2v) is 2.98. The maximum absolute atomic E-state index is 11.4. The SMILES string of the molecule is CCCCC(OCC)C(=O)NCC. The van der Waals surface area contributed by atoms with E-state index in [2.05, 4.69) is 12.2 Å². The van der Waals surface area contributed by atoms with Gasteiger partial charge in [-0.25, -0.2) is 0 Å². The molecule has 1 atom stereocenters. The number of nitrogens with one attached hydrogen (secondary N) is 1. The van der Waals surface area contributed by atoms with Gasteiger partial charge in [0.25, 0.3) is 0 Å². The number of likely N-dealkylation sites (N-methyl/N-ethyl adjacent to an activating group) is 1. The molecule has 0 rings (SSSR count). The molecule has 0 aliphatic carbocycles. The van der Waals surface area contributed by atoms with Gasteiger partial charge in [-0.3, -0.25) is 4.79 Å². The largest absolute Gasteiger partial charge is 0.369 e. The van der Waals surface area contributed by atoms with E-state index in [1.807, 2.05) is 13.8 Å². The highest BCUT2D eigenvalue weighted by Gasteiger charge is 2.16. The molecule has 13 heavy (non-hydrogen) atoms. The first-order valence-corrected chi connectivity index (χ1v) is 5.15. The number of rotatable bonds is 7. The third-order valence-electron chi connectivity index (χ3n) is 1.83. The number of unbranched alkanes of at least 4 members (excludes halogenated alkanes) is 1. The number of ether oxygens (including phenoxy) is 1. The van der Waals surface area contributed by atoms with Gasteiger partial charge in [0.2, 0.25) is 5.91 Å². The lowest BCUT2D eigenvalue weighted by Gasteiger charge is -2.15. The molecule has 0 aliphatic rings. The summed E-state index contributed by atoms with van der Waals surface area (Å²) in [4.78, 5) is 11.4. The van der Waals surface area contributed by atoms with E-state index in [9.17, 15) is 4.79 Å². The average molecular weight is 187 g/mol. The molecule has 1 amide bonds. The Hall–Kier alpha value is -0.570. The minimum absolute atomic E-state index is 0.0257. The van der Waals surface area contributed by atoms with Crippen molar-refractivity contribution in [2.45, 2.75) is 46.1 Å². The highest BCUT2D eigenvalue weighted by Crippen LogP contribution is 2.04. The first-order valence-electron chi connectivity index (χ1n) is 5.15. The molecule has 0 bridgehead atoms. The van der Waals surface area contributed by atoms with E-state index < -0.39 is 0 Å². The Kier molecular flexibility index (Phi) is 7.69. The zero-order chi connectivity index (χ0) is 10.1. The average Bonchev–Trinajstić information content (AvgIpc) is 2.12. The number of hydrogen-bond donors (Lipinski definition) is 1. The van der Waals surface area contributed by atoms with Gasteiger partial charge in [0.1, 0.15) is 6.10 Å². The molecule has 3 nitrogen and oxygen atoms in total. The smallest absolute Gasteiger partial charge is 0.249 e.